The number of carbonyl (C=O) groups excluding carboxylic acids is 1. The van der Waals surface area contributed by atoms with E-state index in [4.69, 9.17) is 19.6 Å². The Labute approximate surface area is 200 Å². The van der Waals surface area contributed by atoms with Gasteiger partial charge in [-0.1, -0.05) is 11.8 Å². The maximum Gasteiger partial charge on any atom is 0.469 e. The highest BCUT2D eigenvalue weighted by Gasteiger charge is 2.45. The van der Waals surface area contributed by atoms with E-state index in [1.807, 2.05) is 0 Å². The molecule has 35 heavy (non-hydrogen) atoms. The third-order valence-corrected chi connectivity index (χ3v) is 5.90. The largest absolute Gasteiger partial charge is 0.480 e. The first-order valence-electron chi connectivity index (χ1n) is 9.81. The summed E-state index contributed by atoms with van der Waals surface area (Å²) in [6, 6.07) is -2.59. The number of aliphatic hydroxyl groups excluding tert-OH is 3. The van der Waals surface area contributed by atoms with Gasteiger partial charge in [-0.2, -0.15) is 0 Å². The van der Waals surface area contributed by atoms with Gasteiger partial charge in [-0.25, -0.2) is 29.1 Å². The van der Waals surface area contributed by atoms with Gasteiger partial charge in [0.05, 0.1) is 19.0 Å². The molecule has 17 nitrogen and oxygen atoms in total. The van der Waals surface area contributed by atoms with Crippen molar-refractivity contribution in [2.45, 2.75) is 48.8 Å². The monoisotopic (exact) mass is 538 g/mol. The van der Waals surface area contributed by atoms with Crippen molar-refractivity contribution >= 4 is 48.6 Å². The average molecular weight is 538 g/mol. The molecule has 0 spiro atoms. The van der Waals surface area contributed by atoms with Crippen molar-refractivity contribution in [3.8, 4) is 0 Å². The summed E-state index contributed by atoms with van der Waals surface area (Å²) >= 11 is 1.09. The molecule has 1 aliphatic heterocycles. The number of hydrogen-bond donors (Lipinski definition) is 8. The van der Waals surface area contributed by atoms with Crippen LogP contribution in [0.4, 0.5) is 10.6 Å². The standard InChI is InChI=1S/C16H23N6O11PS/c1-5(23)7(14(26)27)18-15(28)19-11-8-12(21-16(20-11)35-2)22(4-17-8)13-10(25)9(24)6(33-13)3-32-34(29,30)31/h4-7,9-10,13,23-25H,3H2,1-2H3,(H,26,27)(H2,29,30,31)(H2,18,19,20,21,28). The molecule has 2 aromatic rings. The molecule has 2 amide bonds. The predicted octanol–water partition coefficient (Wildman–Crippen LogP) is -1.77. The summed E-state index contributed by atoms with van der Waals surface area (Å²) in [7, 11) is -4.85. The van der Waals surface area contributed by atoms with Crippen LogP contribution in [0.1, 0.15) is 13.2 Å². The van der Waals surface area contributed by atoms with Crippen molar-refractivity contribution in [1.82, 2.24) is 24.8 Å². The Hall–Kier alpha value is -2.41. The number of aliphatic carboxylic acids is 1. The van der Waals surface area contributed by atoms with Crippen molar-refractivity contribution in [3.05, 3.63) is 6.33 Å². The molecular formula is C16H23N6O11PS. The Morgan fingerprint density at radius 2 is 2.00 bits per heavy atom. The molecule has 3 rings (SSSR count). The number of thioether (sulfide) groups is 1. The fourth-order valence-electron chi connectivity index (χ4n) is 3.20. The predicted molar refractivity (Wildman–Crippen MR) is 116 cm³/mol. The van der Waals surface area contributed by atoms with Gasteiger partial charge in [0, 0.05) is 0 Å². The molecule has 0 aliphatic carbocycles. The highest BCUT2D eigenvalue weighted by atomic mass is 32.2. The number of imidazole rings is 1. The van der Waals surface area contributed by atoms with Crippen molar-refractivity contribution in [2.24, 2.45) is 0 Å². The Morgan fingerprint density at radius 3 is 2.57 bits per heavy atom. The number of anilines is 1. The SMILES string of the molecule is CSc1nc(NC(=O)NC(C(=O)O)C(C)O)c2ncn(C3OC(COP(=O)(O)O)C(O)C3O)c2n1. The number of fused-ring (bicyclic) bond motifs is 1. The number of aromatic nitrogens is 4. The Kier molecular flexibility index (Phi) is 8.30. The number of amides is 2. The number of nitrogens with zero attached hydrogens (tertiary/aromatic N) is 4. The minimum atomic E-state index is -4.85. The van der Waals surface area contributed by atoms with Gasteiger partial charge in [0.15, 0.2) is 34.4 Å². The summed E-state index contributed by atoms with van der Waals surface area (Å²) in [5.41, 5.74) is 0.0693. The number of nitrogens with one attached hydrogen (secondary N) is 2. The summed E-state index contributed by atoms with van der Waals surface area (Å²) in [5.74, 6) is -1.58. The van der Waals surface area contributed by atoms with E-state index in [1.54, 1.807) is 6.26 Å². The minimum absolute atomic E-state index is 0.0158. The lowest BCUT2D eigenvalue weighted by atomic mass is 10.1. The van der Waals surface area contributed by atoms with E-state index in [2.05, 4.69) is 30.1 Å². The van der Waals surface area contributed by atoms with Crippen LogP contribution in [0, 0.1) is 0 Å². The third-order valence-electron chi connectivity index (χ3n) is 4.87. The van der Waals surface area contributed by atoms with E-state index in [-0.39, 0.29) is 22.1 Å². The lowest BCUT2D eigenvalue weighted by Crippen LogP contribution is -2.49. The molecule has 194 valence electrons. The maximum absolute atomic E-state index is 12.4. The van der Waals surface area contributed by atoms with Gasteiger partial charge < -0.3 is 40.3 Å². The summed E-state index contributed by atoms with van der Waals surface area (Å²) in [6.45, 7) is 0.479. The zero-order valence-corrected chi connectivity index (χ0v) is 19.8. The number of carbonyl (C=O) groups is 2. The maximum atomic E-state index is 12.4. The van der Waals surface area contributed by atoms with E-state index in [0.717, 1.165) is 11.8 Å². The lowest BCUT2D eigenvalue weighted by Gasteiger charge is -2.18. The molecule has 3 heterocycles. The molecule has 6 atom stereocenters. The average Bonchev–Trinajstić information content (AvgIpc) is 3.30. The normalized spacial score (nSPS) is 24.3. The van der Waals surface area contributed by atoms with Crippen LogP contribution < -0.4 is 10.6 Å². The van der Waals surface area contributed by atoms with Crippen LogP contribution in [-0.4, -0.2) is 105 Å². The number of aliphatic hydroxyl groups is 3. The Balaban J connectivity index is 1.89. The topological polar surface area (TPSA) is 259 Å². The zero-order valence-electron chi connectivity index (χ0n) is 18.1. The van der Waals surface area contributed by atoms with Crippen LogP contribution in [0.3, 0.4) is 0 Å². The second kappa shape index (κ2) is 10.7. The van der Waals surface area contributed by atoms with E-state index >= 15 is 0 Å². The molecule has 0 bridgehead atoms. The number of carboxylic acid groups (broad SMARTS) is 1. The van der Waals surface area contributed by atoms with Crippen molar-refractivity contribution in [2.75, 3.05) is 18.2 Å². The molecule has 0 saturated carbocycles. The van der Waals surface area contributed by atoms with Crippen LogP contribution in [0.15, 0.2) is 11.5 Å². The number of hydrogen-bond acceptors (Lipinski definition) is 12. The van der Waals surface area contributed by atoms with Crippen LogP contribution >= 0.6 is 19.6 Å². The fourth-order valence-corrected chi connectivity index (χ4v) is 3.90. The van der Waals surface area contributed by atoms with Crippen molar-refractivity contribution in [3.63, 3.8) is 0 Å². The van der Waals surface area contributed by atoms with E-state index in [0.29, 0.717) is 0 Å². The molecule has 8 N–H and O–H groups in total. The van der Waals surface area contributed by atoms with Crippen molar-refractivity contribution < 1.29 is 53.6 Å². The molecule has 1 aliphatic rings. The molecule has 6 unspecified atom stereocenters. The van der Waals surface area contributed by atoms with Crippen LogP contribution in [0.5, 0.6) is 0 Å². The number of urea groups is 1. The highest BCUT2D eigenvalue weighted by Crippen LogP contribution is 2.39. The quantitative estimate of drug-likeness (QED) is 0.0998. The van der Waals surface area contributed by atoms with Crippen LogP contribution in [-0.2, 0) is 18.6 Å². The molecule has 0 aromatic carbocycles. The minimum Gasteiger partial charge on any atom is -0.480 e. The third kappa shape index (κ3) is 6.24. The first kappa shape index (κ1) is 27.2. The van der Waals surface area contributed by atoms with Gasteiger partial charge in [0.2, 0.25) is 0 Å². The Morgan fingerprint density at radius 1 is 1.31 bits per heavy atom. The number of phosphoric acid groups is 1. The summed E-state index contributed by atoms with van der Waals surface area (Å²) < 4.78 is 22.1. The zero-order chi connectivity index (χ0) is 26.1. The first-order chi connectivity index (χ1) is 16.3. The summed E-state index contributed by atoms with van der Waals surface area (Å²) in [6.07, 6.45) is -4.29. The van der Waals surface area contributed by atoms with E-state index < -0.39 is 63.1 Å². The number of ether oxygens (including phenoxy) is 1. The molecule has 0 radical (unpaired) electrons. The van der Waals surface area contributed by atoms with Gasteiger partial charge in [-0.15, -0.1) is 0 Å². The molecule has 1 fully saturated rings. The lowest BCUT2D eigenvalue weighted by molar-refractivity contribution is -0.141. The molecule has 2 aromatic heterocycles. The second-order valence-electron chi connectivity index (χ2n) is 7.37. The smallest absolute Gasteiger partial charge is 0.469 e. The van der Waals surface area contributed by atoms with Gasteiger partial charge in [-0.3, -0.25) is 14.4 Å². The summed E-state index contributed by atoms with van der Waals surface area (Å²) in [5, 5.41) is 44.0. The van der Waals surface area contributed by atoms with E-state index in [1.165, 1.54) is 17.8 Å². The first-order valence-corrected chi connectivity index (χ1v) is 12.6. The van der Waals surface area contributed by atoms with Crippen molar-refractivity contribution in [1.29, 1.82) is 0 Å². The number of carboxylic acids is 1. The number of phosphoric ester groups is 1. The second-order valence-corrected chi connectivity index (χ2v) is 9.38. The fraction of sp³-hybridized carbons (Fsp3) is 0.562. The number of rotatable bonds is 9. The summed E-state index contributed by atoms with van der Waals surface area (Å²) in [4.78, 5) is 53.8. The molecule has 1 saturated heterocycles. The molecule has 19 heteroatoms. The Bertz CT molecular complexity index is 1140. The van der Waals surface area contributed by atoms with Crippen LogP contribution in [0.25, 0.3) is 11.2 Å². The van der Waals surface area contributed by atoms with Gasteiger partial charge in [0.1, 0.15) is 18.3 Å². The van der Waals surface area contributed by atoms with Gasteiger partial charge in [0.25, 0.3) is 0 Å². The van der Waals surface area contributed by atoms with E-state index in [9.17, 15) is 29.5 Å². The van der Waals surface area contributed by atoms with Gasteiger partial charge >= 0.3 is 19.8 Å². The molecular weight excluding hydrogens is 515 g/mol. The highest BCUT2D eigenvalue weighted by molar-refractivity contribution is 7.98. The van der Waals surface area contributed by atoms with Gasteiger partial charge in [-0.05, 0) is 13.2 Å². The van der Waals surface area contributed by atoms with Crippen LogP contribution in [0.2, 0.25) is 0 Å².